The van der Waals surface area contributed by atoms with Gasteiger partial charge in [0.2, 0.25) is 11.8 Å². The molecule has 1 aliphatic rings. The van der Waals surface area contributed by atoms with Crippen molar-refractivity contribution in [2.24, 2.45) is 0 Å². The van der Waals surface area contributed by atoms with Crippen molar-refractivity contribution in [1.82, 2.24) is 9.88 Å². The first-order chi connectivity index (χ1) is 11.7. The Bertz CT molecular complexity index is 724. The average molecular weight is 343 g/mol. The van der Waals surface area contributed by atoms with Gasteiger partial charge in [-0.15, -0.1) is 11.3 Å². The van der Waals surface area contributed by atoms with Crippen LogP contribution in [0.15, 0.2) is 29.6 Å². The third-order valence-electron chi connectivity index (χ3n) is 4.16. The Balaban J connectivity index is 1.60. The molecule has 0 spiro atoms. The maximum absolute atomic E-state index is 12.1. The number of rotatable bonds is 5. The van der Waals surface area contributed by atoms with Crippen LogP contribution in [0.3, 0.4) is 0 Å². The fourth-order valence-electron chi connectivity index (χ4n) is 2.74. The molecule has 1 N–H and O–H groups in total. The Morgan fingerprint density at radius 2 is 2.08 bits per heavy atom. The molecular formula is C18H21N3O2S. The quantitative estimate of drug-likeness (QED) is 0.906. The van der Waals surface area contributed by atoms with Gasteiger partial charge in [0, 0.05) is 23.9 Å². The van der Waals surface area contributed by atoms with Crippen LogP contribution in [0.1, 0.15) is 31.7 Å². The van der Waals surface area contributed by atoms with E-state index in [4.69, 9.17) is 0 Å². The molecule has 0 atom stereocenters. The van der Waals surface area contributed by atoms with E-state index in [9.17, 15) is 9.59 Å². The van der Waals surface area contributed by atoms with E-state index >= 15 is 0 Å². The SMILES string of the molecule is CCc1ccc(-c2csc(NC(=O)CN3CCCCC3=O)n2)cc1. The zero-order valence-corrected chi connectivity index (χ0v) is 14.6. The third kappa shape index (κ3) is 4.00. The molecule has 1 aromatic carbocycles. The van der Waals surface area contributed by atoms with E-state index in [0.29, 0.717) is 18.1 Å². The van der Waals surface area contributed by atoms with Gasteiger partial charge in [0.15, 0.2) is 5.13 Å². The summed E-state index contributed by atoms with van der Waals surface area (Å²) in [6.45, 7) is 2.90. The van der Waals surface area contributed by atoms with Gasteiger partial charge in [-0.3, -0.25) is 9.59 Å². The van der Waals surface area contributed by atoms with Gasteiger partial charge in [-0.1, -0.05) is 31.2 Å². The van der Waals surface area contributed by atoms with Gasteiger partial charge in [0.05, 0.1) is 12.2 Å². The second-order valence-corrected chi connectivity index (χ2v) is 6.77. The number of nitrogens with one attached hydrogen (secondary N) is 1. The van der Waals surface area contributed by atoms with Gasteiger partial charge in [-0.05, 0) is 24.8 Å². The Kier molecular flexibility index (Phi) is 5.25. The molecule has 0 bridgehead atoms. The number of hydrogen-bond acceptors (Lipinski definition) is 4. The van der Waals surface area contributed by atoms with Crippen molar-refractivity contribution in [3.8, 4) is 11.3 Å². The predicted molar refractivity (Wildman–Crippen MR) is 96.0 cm³/mol. The van der Waals surface area contributed by atoms with Gasteiger partial charge >= 0.3 is 0 Å². The minimum absolute atomic E-state index is 0.0623. The van der Waals surface area contributed by atoms with Gasteiger partial charge in [0.25, 0.3) is 0 Å². The van der Waals surface area contributed by atoms with E-state index in [1.165, 1.54) is 16.9 Å². The monoisotopic (exact) mass is 343 g/mol. The molecule has 0 radical (unpaired) electrons. The highest BCUT2D eigenvalue weighted by Crippen LogP contribution is 2.25. The molecule has 5 nitrogen and oxygen atoms in total. The van der Waals surface area contributed by atoms with Crippen LogP contribution in [0.2, 0.25) is 0 Å². The van der Waals surface area contributed by atoms with E-state index in [1.807, 2.05) is 17.5 Å². The average Bonchev–Trinajstić information content (AvgIpc) is 3.05. The highest BCUT2D eigenvalue weighted by molar-refractivity contribution is 7.14. The van der Waals surface area contributed by atoms with Gasteiger partial charge in [-0.2, -0.15) is 0 Å². The number of anilines is 1. The van der Waals surface area contributed by atoms with Crippen LogP contribution < -0.4 is 5.32 Å². The van der Waals surface area contributed by atoms with Gasteiger partial charge in [0.1, 0.15) is 0 Å². The molecule has 2 amide bonds. The normalized spacial score (nSPS) is 14.7. The zero-order valence-electron chi connectivity index (χ0n) is 13.7. The van der Waals surface area contributed by atoms with Crippen LogP contribution in [-0.2, 0) is 16.0 Å². The highest BCUT2D eigenvalue weighted by Gasteiger charge is 2.20. The fraction of sp³-hybridized carbons (Fsp3) is 0.389. The van der Waals surface area contributed by atoms with E-state index < -0.39 is 0 Å². The van der Waals surface area contributed by atoms with Gasteiger partial charge in [-0.25, -0.2) is 4.98 Å². The van der Waals surface area contributed by atoms with Crippen LogP contribution in [0.25, 0.3) is 11.3 Å². The lowest BCUT2D eigenvalue weighted by molar-refractivity contribution is -0.136. The van der Waals surface area contributed by atoms with Crippen LogP contribution in [0.5, 0.6) is 0 Å². The molecule has 0 aliphatic carbocycles. The molecule has 2 aromatic rings. The van der Waals surface area contributed by atoms with E-state index in [2.05, 4.69) is 29.4 Å². The number of amides is 2. The number of carbonyl (C=O) groups excluding carboxylic acids is 2. The van der Waals surface area contributed by atoms with Crippen molar-refractivity contribution >= 4 is 28.3 Å². The van der Waals surface area contributed by atoms with Crippen LogP contribution in [-0.4, -0.2) is 34.8 Å². The summed E-state index contributed by atoms with van der Waals surface area (Å²) in [4.78, 5) is 30.0. The van der Waals surface area contributed by atoms with E-state index in [-0.39, 0.29) is 18.4 Å². The molecule has 24 heavy (non-hydrogen) atoms. The number of aromatic nitrogens is 1. The lowest BCUT2D eigenvalue weighted by Gasteiger charge is -2.25. The predicted octanol–water partition coefficient (Wildman–Crippen LogP) is 3.32. The first-order valence-corrected chi connectivity index (χ1v) is 9.16. The number of carbonyl (C=O) groups is 2. The second-order valence-electron chi connectivity index (χ2n) is 5.91. The number of aryl methyl sites for hydroxylation is 1. The van der Waals surface area contributed by atoms with Gasteiger partial charge < -0.3 is 10.2 Å². The first kappa shape index (κ1) is 16.6. The standard InChI is InChI=1S/C18H21N3O2S/c1-2-13-6-8-14(9-7-13)15-12-24-18(19-15)20-16(22)11-21-10-4-3-5-17(21)23/h6-9,12H,2-5,10-11H2,1H3,(H,19,20,22). The van der Waals surface area contributed by atoms with Crippen molar-refractivity contribution in [3.05, 3.63) is 35.2 Å². The summed E-state index contributed by atoms with van der Waals surface area (Å²) < 4.78 is 0. The topological polar surface area (TPSA) is 62.3 Å². The fourth-order valence-corrected chi connectivity index (χ4v) is 3.47. The molecule has 6 heteroatoms. The van der Waals surface area contributed by atoms with Crippen molar-refractivity contribution in [2.75, 3.05) is 18.4 Å². The first-order valence-electron chi connectivity index (χ1n) is 8.28. The van der Waals surface area contributed by atoms with E-state index in [0.717, 1.165) is 30.5 Å². The third-order valence-corrected chi connectivity index (χ3v) is 4.92. The molecule has 1 saturated heterocycles. The summed E-state index contributed by atoms with van der Waals surface area (Å²) in [7, 11) is 0. The molecule has 1 aromatic heterocycles. The van der Waals surface area contributed by atoms with E-state index in [1.54, 1.807) is 4.90 Å². The lowest BCUT2D eigenvalue weighted by atomic mass is 10.1. The van der Waals surface area contributed by atoms with Crippen molar-refractivity contribution in [1.29, 1.82) is 0 Å². The molecule has 126 valence electrons. The molecule has 1 fully saturated rings. The lowest BCUT2D eigenvalue weighted by Crippen LogP contribution is -2.40. The largest absolute Gasteiger partial charge is 0.333 e. The molecule has 1 aliphatic heterocycles. The second kappa shape index (κ2) is 7.57. The minimum atomic E-state index is -0.188. The summed E-state index contributed by atoms with van der Waals surface area (Å²) in [6, 6.07) is 8.28. The Hall–Kier alpha value is -2.21. The van der Waals surface area contributed by atoms with Crippen molar-refractivity contribution < 1.29 is 9.59 Å². The maximum atomic E-state index is 12.1. The number of nitrogens with zero attached hydrogens (tertiary/aromatic N) is 2. The Morgan fingerprint density at radius 1 is 1.29 bits per heavy atom. The number of benzene rings is 1. The number of thiazole rings is 1. The molecule has 3 rings (SSSR count). The smallest absolute Gasteiger partial charge is 0.245 e. The zero-order chi connectivity index (χ0) is 16.9. The summed E-state index contributed by atoms with van der Waals surface area (Å²) >= 11 is 1.40. The summed E-state index contributed by atoms with van der Waals surface area (Å²) in [5.74, 6) is -0.125. The summed E-state index contributed by atoms with van der Waals surface area (Å²) in [5.41, 5.74) is 3.18. The molecule has 0 unspecified atom stereocenters. The Labute approximate surface area is 145 Å². The summed E-state index contributed by atoms with van der Waals surface area (Å²) in [6.07, 6.45) is 3.44. The number of likely N-dealkylation sites (tertiary alicyclic amines) is 1. The Morgan fingerprint density at radius 3 is 2.79 bits per heavy atom. The van der Waals surface area contributed by atoms with Crippen LogP contribution in [0, 0.1) is 0 Å². The molecular weight excluding hydrogens is 322 g/mol. The summed E-state index contributed by atoms with van der Waals surface area (Å²) in [5, 5.41) is 5.30. The number of hydrogen-bond donors (Lipinski definition) is 1. The number of piperidine rings is 1. The molecule has 0 saturated carbocycles. The van der Waals surface area contributed by atoms with Crippen molar-refractivity contribution in [3.63, 3.8) is 0 Å². The van der Waals surface area contributed by atoms with Crippen LogP contribution in [0.4, 0.5) is 5.13 Å². The van der Waals surface area contributed by atoms with Crippen LogP contribution >= 0.6 is 11.3 Å². The highest BCUT2D eigenvalue weighted by atomic mass is 32.1. The molecule has 2 heterocycles. The maximum Gasteiger partial charge on any atom is 0.245 e. The minimum Gasteiger partial charge on any atom is -0.333 e. The van der Waals surface area contributed by atoms with Crippen molar-refractivity contribution in [2.45, 2.75) is 32.6 Å².